The number of pyridine rings is 5. The Morgan fingerprint density at radius 1 is 0.408 bits per heavy atom. The first kappa shape index (κ1) is 107. The maximum absolute atomic E-state index is 13.8. The molecule has 10 aromatic carbocycles. The molecule has 0 aliphatic heterocycles. The van der Waals surface area contributed by atoms with Crippen molar-refractivity contribution in [3.05, 3.63) is 377 Å². The standard InChI is InChI=1S/C25H23ClFNO.C20H22FNO2.C19H18P.C18H18FNO2.C16H16FN.C15H14FNO.C6H6ClN.BrH.Na.H2O/c26-18-3-1-16(2-4-18)13-24(29)22-15-25(22)10-7-17(8-11-25)20-9-12-28-23-6-5-19(27)14-21(20)23;1-2-24-19(23)17-12-20(17)8-5-13(6-9-20)15-7-10-22-18-4-3-14(21)11-16(15)18;1-20(17-11-5-2-6-12-17,18-13-7-3-8-14-18)19-15-9-4-10-16-19;19-12-1-2-16-14(9-12)13(5-8-20-16)11-3-6-18(7-4-11)10-15(18)17(21)22;1-11-2-4-12(5-3-11)14-8-9-18-16-7-6-13(17)10-15(14)16;16-11-3-6-15-14(9-11)13(7-8-17-15)10-1-4-12(18)5-2-10;7-5-1-3-6(8)4-2-5;;;/h1-6,9,12,14,17,22H,7-8,10-11,13,15H2;3-4,7,10-11,13,17H,2,5-6,8-9,12H2,1H3;2-16H,1H3;1-2,5,8-9,11,15H,3-4,6-7,10H2,(H,21,22);6-10,12H,1-5H2;3,6-10H,1-2,4-5H2;1-4H,8H2;1H;;1H2/q;;+1;;;;;;+1;/p-2/t17?,22-,25?;13?,17-,20?;;11?,15-,18?;;;;;;/m00.0....../s1. The van der Waals surface area contributed by atoms with Gasteiger partial charge in [0.15, 0.2) is 0 Å². The second kappa shape index (κ2) is 48.2. The van der Waals surface area contributed by atoms with Gasteiger partial charge in [0.1, 0.15) is 63.8 Å². The number of aliphatic carboxylic acids is 1. The van der Waals surface area contributed by atoms with Gasteiger partial charge in [0, 0.05) is 98.8 Å². The molecular formula is C119H118BrCl2F5N6NaO7P. The van der Waals surface area contributed by atoms with Crippen LogP contribution in [0.15, 0.2) is 304 Å². The van der Waals surface area contributed by atoms with E-state index >= 15 is 0 Å². The number of aromatic nitrogens is 5. The molecule has 4 N–H and O–H groups in total. The number of esters is 1. The van der Waals surface area contributed by atoms with Crippen molar-refractivity contribution in [1.82, 2.24) is 24.9 Å². The molecule has 0 amide bonds. The van der Waals surface area contributed by atoms with Gasteiger partial charge in [0.05, 0.1) is 52.7 Å². The van der Waals surface area contributed by atoms with Crippen LogP contribution in [0.4, 0.5) is 27.6 Å². The Bertz CT molecular complexity index is 6680. The fourth-order valence-corrected chi connectivity index (χ4v) is 26.1. The summed E-state index contributed by atoms with van der Waals surface area (Å²) in [6.07, 6.45) is 32.2. The number of hydrogen-bond donors (Lipinski definition) is 2. The summed E-state index contributed by atoms with van der Waals surface area (Å²) in [6.45, 7) is 8.78. The number of nitrogens with zero attached hydrogens (tertiary/aromatic N) is 5. The molecule has 142 heavy (non-hydrogen) atoms. The van der Waals surface area contributed by atoms with Crippen LogP contribution in [-0.4, -0.2) is 72.3 Å². The molecule has 13 nitrogen and oxygen atoms in total. The molecular weight excluding hydrogens is 1930 g/mol. The molecule has 8 saturated carbocycles. The number of ether oxygens (including phenoxy) is 1. The number of carboxylic acids is 1. The van der Waals surface area contributed by atoms with Crippen molar-refractivity contribution in [1.29, 1.82) is 0 Å². The SMILES string of the molecule is C=C1CCC(c2ccnc3ccc(F)cc23)CC1.CCOC(=O)[C@@H]1CC12CCC(c1ccnc3ccc(F)cc13)CC2.C[P+](c1ccccc1)(c1ccccc1)c1ccccc1.Nc1ccc(Cl)cc1.O=C(Cc1ccc(Cl)cc1)[C@@H]1CC12CCC(c1ccnc3ccc(F)cc13)CC2.O=C(O)[C@@H]1CC12CCC(c1ccnc3ccc(F)cc13)CC2.O=C1CCC(c2ccnc3ccc(F)cc23)CC1.[Br-].[Na+].[OH-]. The number of halogens is 8. The zero-order valence-corrected chi connectivity index (χ0v) is 86.4. The molecule has 8 aliphatic rings. The predicted molar refractivity (Wildman–Crippen MR) is 554 cm³/mol. The minimum absolute atomic E-state index is 0. The third-order valence-electron chi connectivity index (χ3n) is 30.9. The largest absolute Gasteiger partial charge is 1.00 e. The maximum Gasteiger partial charge on any atom is 1.00 e. The van der Waals surface area contributed by atoms with Gasteiger partial charge in [0.25, 0.3) is 0 Å². The average molecular weight is 2040 g/mol. The number of nitrogens with two attached hydrogens (primary N) is 1. The summed E-state index contributed by atoms with van der Waals surface area (Å²) in [5, 5.41) is 19.5. The zero-order valence-electron chi connectivity index (χ0n) is 80.4. The van der Waals surface area contributed by atoms with Gasteiger partial charge in [0.2, 0.25) is 0 Å². The van der Waals surface area contributed by atoms with E-state index in [9.17, 15) is 46.2 Å². The van der Waals surface area contributed by atoms with Gasteiger partial charge in [-0.3, -0.25) is 44.1 Å². The van der Waals surface area contributed by atoms with E-state index in [1.165, 1.54) is 68.5 Å². The molecule has 15 aromatic rings. The maximum atomic E-state index is 13.8. The molecule has 0 bridgehead atoms. The third-order valence-corrected chi connectivity index (χ3v) is 35.4. The Balaban J connectivity index is 0.000000133. The Hall–Kier alpha value is -10.8. The van der Waals surface area contributed by atoms with Crippen molar-refractivity contribution in [2.45, 2.75) is 191 Å². The number of Topliss-reactive ketones (excluding diaryl/α,β-unsaturated/α-hetero) is 2. The van der Waals surface area contributed by atoms with Crippen LogP contribution < -0.4 is 68.2 Å². The number of benzene rings is 10. The second-order valence-corrected chi connectivity index (χ2v) is 43.7. The van der Waals surface area contributed by atoms with Crippen molar-refractivity contribution in [2.24, 2.45) is 34.0 Å². The quantitative estimate of drug-likeness (QED) is 0.0259. The van der Waals surface area contributed by atoms with E-state index in [-0.39, 0.29) is 121 Å². The van der Waals surface area contributed by atoms with Gasteiger partial charge in [-0.05, 0) is 415 Å². The van der Waals surface area contributed by atoms with Gasteiger partial charge in [-0.2, -0.15) is 0 Å². The number of fused-ring (bicyclic) bond motifs is 5. The van der Waals surface area contributed by atoms with Crippen molar-refractivity contribution in [3.63, 3.8) is 0 Å². The van der Waals surface area contributed by atoms with Gasteiger partial charge < -0.3 is 38.0 Å². The van der Waals surface area contributed by atoms with Crippen molar-refractivity contribution in [2.75, 3.05) is 19.0 Å². The third kappa shape index (κ3) is 25.6. The van der Waals surface area contributed by atoms with Gasteiger partial charge >= 0.3 is 41.5 Å². The normalized spacial score (nSPS) is 21.4. The van der Waals surface area contributed by atoms with E-state index in [4.69, 9.17) is 33.7 Å². The number of carbonyl (C=O) groups is 4. The first-order valence-electron chi connectivity index (χ1n) is 48.9. The van der Waals surface area contributed by atoms with Crippen LogP contribution in [0.1, 0.15) is 218 Å². The minimum Gasteiger partial charge on any atom is -1.00 e. The van der Waals surface area contributed by atoms with Crippen LogP contribution in [-0.2, 0) is 30.3 Å². The number of hydrogen-bond acceptors (Lipinski definition) is 12. The van der Waals surface area contributed by atoms with E-state index in [1.54, 1.807) is 97.3 Å². The van der Waals surface area contributed by atoms with E-state index in [0.717, 1.165) is 217 Å². The number of nitrogen functional groups attached to an aromatic ring is 1. The summed E-state index contributed by atoms with van der Waals surface area (Å²) in [5.41, 5.74) is 19.1. The van der Waals surface area contributed by atoms with E-state index in [0.29, 0.717) is 72.0 Å². The molecule has 23 heteroatoms. The molecule has 23 rings (SSSR count). The molecule has 8 fully saturated rings. The Morgan fingerprint density at radius 2 is 0.690 bits per heavy atom. The summed E-state index contributed by atoms with van der Waals surface area (Å²) in [4.78, 5) is 68.8. The van der Waals surface area contributed by atoms with Crippen LogP contribution in [0.3, 0.4) is 0 Å². The molecule has 0 unspecified atom stereocenters. The van der Waals surface area contributed by atoms with Crippen molar-refractivity contribution in [3.8, 4) is 0 Å². The molecule has 0 saturated heterocycles. The number of carbonyl (C=O) groups excluding carboxylic acids is 3. The number of anilines is 1. The average Bonchev–Trinajstić information content (AvgIpc) is 1.50. The number of rotatable bonds is 14. The van der Waals surface area contributed by atoms with Crippen LogP contribution in [0.2, 0.25) is 10.0 Å². The Morgan fingerprint density at radius 3 is 0.993 bits per heavy atom. The Labute approximate surface area is 871 Å². The molecule has 3 atom stereocenters. The van der Waals surface area contributed by atoms with Gasteiger partial charge in [-0.15, -0.1) is 0 Å². The van der Waals surface area contributed by atoms with Gasteiger partial charge in [-0.25, -0.2) is 22.0 Å². The smallest absolute Gasteiger partial charge is 1.00 e. The monoisotopic (exact) mass is 2040 g/mol. The summed E-state index contributed by atoms with van der Waals surface area (Å²) in [5.74, 6) is 1.22. The molecule has 8 aliphatic carbocycles. The van der Waals surface area contributed by atoms with E-state index in [2.05, 4.69) is 129 Å². The topological polar surface area (TPSA) is 218 Å². The number of ketones is 2. The van der Waals surface area contributed by atoms with E-state index in [1.807, 2.05) is 80.1 Å². The summed E-state index contributed by atoms with van der Waals surface area (Å²) < 4.78 is 73.0. The molecule has 5 heterocycles. The molecule has 5 aromatic heterocycles. The van der Waals surface area contributed by atoms with Crippen molar-refractivity contribution < 1.29 is 103 Å². The van der Waals surface area contributed by atoms with E-state index < -0.39 is 13.2 Å². The predicted octanol–water partition coefficient (Wildman–Crippen LogP) is 22.8. The van der Waals surface area contributed by atoms with Crippen molar-refractivity contribution >= 4 is 130 Å². The molecule has 3 spiro atoms. The van der Waals surface area contributed by atoms with Crippen LogP contribution in [0.5, 0.6) is 0 Å². The van der Waals surface area contributed by atoms with Crippen LogP contribution >= 0.6 is 30.5 Å². The first-order chi connectivity index (χ1) is 67.3. The zero-order chi connectivity index (χ0) is 97.0. The number of carboxylic acid groups (broad SMARTS) is 1. The second-order valence-electron chi connectivity index (χ2n) is 39.2. The fraction of sp³-hybridized carbons (Fsp3) is 0.319. The molecule has 728 valence electrons. The minimum atomic E-state index is -1.53. The summed E-state index contributed by atoms with van der Waals surface area (Å²) >= 11 is 11.5. The summed E-state index contributed by atoms with van der Waals surface area (Å²) in [7, 11) is -1.53. The first-order valence-corrected chi connectivity index (χ1v) is 51.9. The fourth-order valence-electron chi connectivity index (χ4n) is 22.7. The van der Waals surface area contributed by atoms with Gasteiger partial charge in [-0.1, -0.05) is 102 Å². The van der Waals surface area contributed by atoms with Crippen LogP contribution in [0, 0.1) is 63.1 Å². The summed E-state index contributed by atoms with van der Waals surface area (Å²) in [6, 6.07) is 81.2. The molecule has 0 radical (unpaired) electrons. The Kier molecular flexibility index (Phi) is 36.3. The number of allylic oxidation sites excluding steroid dienone is 1. The van der Waals surface area contributed by atoms with Crippen LogP contribution in [0.25, 0.3) is 54.5 Å².